The molecule has 0 amide bonds. The summed E-state index contributed by atoms with van der Waals surface area (Å²) < 4.78 is 0. The molecule has 1 rings (SSSR count). The molecule has 0 aliphatic rings. The number of aromatic nitrogens is 2. The van der Waals surface area contributed by atoms with E-state index in [0.29, 0.717) is 5.96 Å². The second kappa shape index (κ2) is 7.70. The molecule has 0 aromatic carbocycles. The van der Waals surface area contributed by atoms with Gasteiger partial charge in [-0.15, -0.1) is 0 Å². The van der Waals surface area contributed by atoms with Crippen molar-refractivity contribution in [1.29, 1.82) is 0 Å². The summed E-state index contributed by atoms with van der Waals surface area (Å²) in [6.07, 6.45) is 6.16. The summed E-state index contributed by atoms with van der Waals surface area (Å²) in [7, 11) is 0. The average molecular weight is 237 g/mol. The van der Waals surface area contributed by atoms with Crippen LogP contribution in [0.2, 0.25) is 0 Å². The lowest BCUT2D eigenvalue weighted by molar-refractivity contribution is 0.744. The molecule has 1 aromatic heterocycles. The lowest BCUT2D eigenvalue weighted by atomic mass is 10.1. The van der Waals surface area contributed by atoms with E-state index < -0.39 is 0 Å². The zero-order valence-electron chi connectivity index (χ0n) is 10.8. The maximum Gasteiger partial charge on any atom is 0.188 e. The Hall–Kier alpha value is -1.52. The number of aliphatic imine (C=N–C) groups is 1. The number of nitrogens with one attached hydrogen (secondary N) is 2. The van der Waals surface area contributed by atoms with Crippen LogP contribution in [0.3, 0.4) is 0 Å². The van der Waals surface area contributed by atoms with Crippen LogP contribution in [-0.2, 0) is 6.42 Å². The van der Waals surface area contributed by atoms with E-state index in [1.54, 1.807) is 0 Å². The van der Waals surface area contributed by atoms with E-state index in [1.807, 2.05) is 13.1 Å². The molecule has 96 valence electrons. The maximum absolute atomic E-state index is 5.72. The fourth-order valence-electron chi connectivity index (χ4n) is 1.55. The van der Waals surface area contributed by atoms with E-state index in [0.717, 1.165) is 38.0 Å². The molecule has 0 saturated carbocycles. The molecule has 5 heteroatoms. The van der Waals surface area contributed by atoms with Crippen molar-refractivity contribution >= 4 is 5.96 Å². The minimum Gasteiger partial charge on any atom is -0.370 e. The van der Waals surface area contributed by atoms with Gasteiger partial charge in [0.1, 0.15) is 0 Å². The van der Waals surface area contributed by atoms with Crippen LogP contribution in [0, 0.1) is 6.92 Å². The summed E-state index contributed by atoms with van der Waals surface area (Å²) in [5.41, 5.74) is 8.13. The Bertz CT molecular complexity index is 342. The Morgan fingerprint density at radius 2 is 2.35 bits per heavy atom. The molecule has 0 bridgehead atoms. The number of aromatic amines is 1. The van der Waals surface area contributed by atoms with E-state index in [-0.39, 0.29) is 0 Å². The predicted molar refractivity (Wildman–Crippen MR) is 71.0 cm³/mol. The highest BCUT2D eigenvalue weighted by atomic mass is 15.1. The van der Waals surface area contributed by atoms with Crippen molar-refractivity contribution in [2.75, 3.05) is 13.1 Å². The summed E-state index contributed by atoms with van der Waals surface area (Å²) in [6.45, 7) is 5.86. The molecule has 17 heavy (non-hydrogen) atoms. The molecule has 4 N–H and O–H groups in total. The summed E-state index contributed by atoms with van der Waals surface area (Å²) >= 11 is 0. The van der Waals surface area contributed by atoms with Crippen LogP contribution in [0.5, 0.6) is 0 Å². The Morgan fingerprint density at radius 3 is 3.00 bits per heavy atom. The first-order valence-electron chi connectivity index (χ1n) is 6.26. The number of H-pyrrole nitrogens is 1. The second-order valence-corrected chi connectivity index (χ2v) is 4.17. The first-order chi connectivity index (χ1) is 8.24. The van der Waals surface area contributed by atoms with Gasteiger partial charge in [-0.2, -0.15) is 5.10 Å². The SMILES string of the molecule is CCCCNC(N)=NCCCc1cn[nH]c1C. The number of hydrogen-bond donors (Lipinski definition) is 3. The molecular formula is C12H23N5. The van der Waals surface area contributed by atoms with Crippen LogP contribution in [-0.4, -0.2) is 29.2 Å². The van der Waals surface area contributed by atoms with Gasteiger partial charge in [0, 0.05) is 18.8 Å². The number of hydrogen-bond acceptors (Lipinski definition) is 2. The zero-order chi connectivity index (χ0) is 12.5. The fraction of sp³-hybridized carbons (Fsp3) is 0.667. The molecule has 0 unspecified atom stereocenters. The molecule has 0 radical (unpaired) electrons. The first kappa shape index (κ1) is 13.5. The maximum atomic E-state index is 5.72. The van der Waals surface area contributed by atoms with Gasteiger partial charge < -0.3 is 11.1 Å². The third-order valence-electron chi connectivity index (χ3n) is 2.66. The monoisotopic (exact) mass is 237 g/mol. The minimum atomic E-state index is 0.558. The molecule has 1 aromatic rings. The van der Waals surface area contributed by atoms with E-state index in [9.17, 15) is 0 Å². The van der Waals surface area contributed by atoms with Crippen molar-refractivity contribution in [2.24, 2.45) is 10.7 Å². The van der Waals surface area contributed by atoms with Gasteiger partial charge in [0.15, 0.2) is 5.96 Å². The van der Waals surface area contributed by atoms with Crippen molar-refractivity contribution in [1.82, 2.24) is 15.5 Å². The fourth-order valence-corrected chi connectivity index (χ4v) is 1.55. The van der Waals surface area contributed by atoms with Crippen LogP contribution in [0.1, 0.15) is 37.4 Å². The topological polar surface area (TPSA) is 79.1 Å². The summed E-state index contributed by atoms with van der Waals surface area (Å²) in [6, 6.07) is 0. The predicted octanol–water partition coefficient (Wildman–Crippen LogP) is 1.36. The molecule has 0 fully saturated rings. The molecule has 1 heterocycles. The van der Waals surface area contributed by atoms with Gasteiger partial charge in [0.25, 0.3) is 0 Å². The second-order valence-electron chi connectivity index (χ2n) is 4.17. The van der Waals surface area contributed by atoms with Gasteiger partial charge in [-0.3, -0.25) is 10.1 Å². The molecule has 0 aliphatic heterocycles. The lowest BCUT2D eigenvalue weighted by Crippen LogP contribution is -2.32. The van der Waals surface area contributed by atoms with Crippen molar-refractivity contribution in [3.05, 3.63) is 17.5 Å². The van der Waals surface area contributed by atoms with Gasteiger partial charge in [0.2, 0.25) is 0 Å². The average Bonchev–Trinajstić information content (AvgIpc) is 2.71. The Balaban J connectivity index is 2.14. The van der Waals surface area contributed by atoms with Crippen LogP contribution in [0.15, 0.2) is 11.2 Å². The van der Waals surface area contributed by atoms with Gasteiger partial charge in [-0.25, -0.2) is 0 Å². The van der Waals surface area contributed by atoms with Gasteiger partial charge in [-0.1, -0.05) is 13.3 Å². The van der Waals surface area contributed by atoms with Crippen LogP contribution >= 0.6 is 0 Å². The van der Waals surface area contributed by atoms with Gasteiger partial charge >= 0.3 is 0 Å². The molecule has 0 aliphatic carbocycles. The highest BCUT2D eigenvalue weighted by Crippen LogP contribution is 2.05. The molecular weight excluding hydrogens is 214 g/mol. The van der Waals surface area contributed by atoms with Gasteiger partial charge in [0.05, 0.1) is 6.20 Å². The zero-order valence-corrected chi connectivity index (χ0v) is 10.8. The first-order valence-corrected chi connectivity index (χ1v) is 6.26. The standard InChI is InChI=1S/C12H23N5/c1-3-4-7-14-12(13)15-8-5-6-11-9-16-17-10(11)2/h9H,3-8H2,1-2H3,(H,16,17)(H3,13,14,15). The Morgan fingerprint density at radius 1 is 1.53 bits per heavy atom. The largest absolute Gasteiger partial charge is 0.370 e. The van der Waals surface area contributed by atoms with Crippen molar-refractivity contribution < 1.29 is 0 Å². The number of nitrogens with zero attached hydrogens (tertiary/aromatic N) is 2. The van der Waals surface area contributed by atoms with Crippen molar-refractivity contribution in [2.45, 2.75) is 39.5 Å². The quantitative estimate of drug-likeness (QED) is 0.380. The molecule has 0 atom stereocenters. The van der Waals surface area contributed by atoms with E-state index in [4.69, 9.17) is 5.73 Å². The Labute approximate surface area is 103 Å². The van der Waals surface area contributed by atoms with Gasteiger partial charge in [-0.05, 0) is 31.7 Å². The number of rotatable bonds is 7. The van der Waals surface area contributed by atoms with Crippen molar-refractivity contribution in [3.63, 3.8) is 0 Å². The summed E-state index contributed by atoms with van der Waals surface area (Å²) in [4.78, 5) is 4.28. The summed E-state index contributed by atoms with van der Waals surface area (Å²) in [5.74, 6) is 0.558. The third kappa shape index (κ3) is 5.38. The lowest BCUT2D eigenvalue weighted by Gasteiger charge is -2.04. The van der Waals surface area contributed by atoms with Crippen LogP contribution in [0.25, 0.3) is 0 Å². The third-order valence-corrected chi connectivity index (χ3v) is 2.66. The summed E-state index contributed by atoms with van der Waals surface area (Å²) in [5, 5.41) is 10.0. The number of aryl methyl sites for hydroxylation is 2. The molecule has 0 spiro atoms. The van der Waals surface area contributed by atoms with Crippen LogP contribution in [0.4, 0.5) is 0 Å². The molecule has 5 nitrogen and oxygen atoms in total. The van der Waals surface area contributed by atoms with E-state index in [1.165, 1.54) is 12.0 Å². The van der Waals surface area contributed by atoms with E-state index in [2.05, 4.69) is 27.4 Å². The van der Waals surface area contributed by atoms with Crippen LogP contribution < -0.4 is 11.1 Å². The van der Waals surface area contributed by atoms with E-state index >= 15 is 0 Å². The Kier molecular flexibility index (Phi) is 6.14. The number of unbranched alkanes of at least 4 members (excludes halogenated alkanes) is 1. The minimum absolute atomic E-state index is 0.558. The highest BCUT2D eigenvalue weighted by molar-refractivity contribution is 5.77. The normalized spacial score (nSPS) is 11.8. The number of guanidine groups is 1. The highest BCUT2D eigenvalue weighted by Gasteiger charge is 1.99. The molecule has 0 saturated heterocycles. The van der Waals surface area contributed by atoms with Crippen molar-refractivity contribution in [3.8, 4) is 0 Å². The number of nitrogens with two attached hydrogens (primary N) is 1. The smallest absolute Gasteiger partial charge is 0.188 e.